The number of nitrogens with zero attached hydrogens (tertiary/aromatic N) is 3. The Balaban J connectivity index is 1.50. The summed E-state index contributed by atoms with van der Waals surface area (Å²) in [7, 11) is 2.76. The number of ether oxygens (including phenoxy) is 1. The lowest BCUT2D eigenvalue weighted by molar-refractivity contribution is -0.0963. The molecular formula is C27H30F2N4O5. The molecule has 202 valence electrons. The van der Waals surface area contributed by atoms with Gasteiger partial charge in [-0.1, -0.05) is 6.92 Å². The fourth-order valence-corrected chi connectivity index (χ4v) is 4.69. The van der Waals surface area contributed by atoms with E-state index in [0.29, 0.717) is 43.6 Å². The van der Waals surface area contributed by atoms with Crippen LogP contribution in [0.3, 0.4) is 0 Å². The third-order valence-electron chi connectivity index (χ3n) is 6.96. The molecule has 0 aliphatic carbocycles. The zero-order chi connectivity index (χ0) is 27.6. The van der Waals surface area contributed by atoms with E-state index in [9.17, 15) is 28.6 Å². The number of imidazole rings is 1. The van der Waals surface area contributed by atoms with Crippen molar-refractivity contribution in [1.29, 1.82) is 0 Å². The van der Waals surface area contributed by atoms with Crippen LogP contribution < -0.4 is 10.1 Å². The normalized spacial score (nSPS) is 14.2. The molecule has 0 saturated carbocycles. The van der Waals surface area contributed by atoms with E-state index < -0.39 is 23.8 Å². The van der Waals surface area contributed by atoms with Crippen molar-refractivity contribution in [2.24, 2.45) is 13.0 Å². The van der Waals surface area contributed by atoms with Gasteiger partial charge in [-0.2, -0.15) is 4.39 Å². The number of rotatable bonds is 7. The number of carbonyl (C=O) groups excluding carboxylic acids is 2. The van der Waals surface area contributed by atoms with E-state index in [-0.39, 0.29) is 34.7 Å². The Kier molecular flexibility index (Phi) is 8.08. The summed E-state index contributed by atoms with van der Waals surface area (Å²) in [5.41, 5.74) is 1.86. The van der Waals surface area contributed by atoms with Crippen LogP contribution in [0.4, 0.5) is 14.5 Å². The van der Waals surface area contributed by atoms with Crippen molar-refractivity contribution >= 4 is 17.5 Å². The van der Waals surface area contributed by atoms with Gasteiger partial charge in [0.1, 0.15) is 0 Å². The Morgan fingerprint density at radius 3 is 2.50 bits per heavy atom. The van der Waals surface area contributed by atoms with Crippen LogP contribution in [0.2, 0.25) is 0 Å². The number of carbonyl (C=O) groups is 2. The van der Waals surface area contributed by atoms with Crippen molar-refractivity contribution in [3.8, 4) is 17.0 Å². The number of methoxy groups -OCH3 is 1. The maximum atomic E-state index is 14.6. The molecule has 2 heterocycles. The number of likely N-dealkylation sites (tertiary alicyclic amines) is 1. The first-order valence-electron chi connectivity index (χ1n) is 12.3. The summed E-state index contributed by atoms with van der Waals surface area (Å²) in [6, 6.07) is 7.65. The molecule has 1 aromatic heterocycles. The molecule has 3 aromatic rings. The molecule has 0 unspecified atom stereocenters. The Hall–Kier alpha value is -3.83. The first kappa shape index (κ1) is 27.2. The van der Waals surface area contributed by atoms with Crippen LogP contribution in [0.1, 0.15) is 46.3 Å². The van der Waals surface area contributed by atoms with E-state index in [2.05, 4.69) is 10.3 Å². The van der Waals surface area contributed by atoms with Crippen LogP contribution in [0, 0.1) is 17.6 Å². The van der Waals surface area contributed by atoms with Gasteiger partial charge in [-0.15, -0.1) is 0 Å². The molecule has 2 amide bonds. The highest BCUT2D eigenvalue weighted by molar-refractivity contribution is 6.03. The van der Waals surface area contributed by atoms with Crippen LogP contribution in [-0.4, -0.2) is 63.0 Å². The van der Waals surface area contributed by atoms with Crippen molar-refractivity contribution in [3.63, 3.8) is 0 Å². The van der Waals surface area contributed by atoms with Gasteiger partial charge >= 0.3 is 0 Å². The predicted octanol–water partition coefficient (Wildman–Crippen LogP) is 3.35. The Bertz CT molecular complexity index is 1350. The van der Waals surface area contributed by atoms with E-state index in [0.717, 1.165) is 5.56 Å². The van der Waals surface area contributed by atoms with Gasteiger partial charge in [-0.3, -0.25) is 9.59 Å². The number of aliphatic hydroxyl groups excluding tert-OH is 1. The number of aryl methyl sites for hydroxylation is 1. The lowest BCUT2D eigenvalue weighted by Crippen LogP contribution is -2.41. The van der Waals surface area contributed by atoms with Crippen molar-refractivity contribution < 1.29 is 33.3 Å². The van der Waals surface area contributed by atoms with Crippen LogP contribution in [0.25, 0.3) is 11.3 Å². The molecule has 11 heteroatoms. The second kappa shape index (κ2) is 11.3. The van der Waals surface area contributed by atoms with Gasteiger partial charge in [0.15, 0.2) is 23.7 Å². The van der Waals surface area contributed by atoms with Gasteiger partial charge in [0.2, 0.25) is 5.82 Å². The number of benzene rings is 2. The SMILES string of the molecule is CCc1cc(NC(=O)c2ncc(-c3ccc(OC)c(F)c3F)n2C)ccc1C(=O)N1CCC(C(O)O)CC1. The highest BCUT2D eigenvalue weighted by atomic mass is 19.2. The minimum atomic E-state index is -1.38. The summed E-state index contributed by atoms with van der Waals surface area (Å²) in [5.74, 6) is -3.42. The second-order valence-corrected chi connectivity index (χ2v) is 9.19. The summed E-state index contributed by atoms with van der Waals surface area (Å²) in [4.78, 5) is 31.9. The van der Waals surface area contributed by atoms with Gasteiger partial charge < -0.3 is 29.7 Å². The van der Waals surface area contributed by atoms with Crippen molar-refractivity contribution in [2.45, 2.75) is 32.5 Å². The molecule has 1 aliphatic heterocycles. The molecule has 1 aliphatic rings. The summed E-state index contributed by atoms with van der Waals surface area (Å²) >= 11 is 0. The monoisotopic (exact) mass is 528 g/mol. The van der Waals surface area contributed by atoms with E-state index in [1.807, 2.05) is 6.92 Å². The summed E-state index contributed by atoms with van der Waals surface area (Å²) < 4.78 is 35.0. The molecule has 1 saturated heterocycles. The minimum Gasteiger partial charge on any atom is -0.494 e. The highest BCUT2D eigenvalue weighted by Gasteiger charge is 2.28. The quantitative estimate of drug-likeness (QED) is 0.405. The number of piperidine rings is 1. The Morgan fingerprint density at radius 1 is 1.16 bits per heavy atom. The zero-order valence-corrected chi connectivity index (χ0v) is 21.4. The molecule has 0 atom stereocenters. The molecule has 0 radical (unpaired) electrons. The molecule has 9 nitrogen and oxygen atoms in total. The summed E-state index contributed by atoms with van der Waals surface area (Å²) in [6.07, 6.45) is 1.48. The smallest absolute Gasteiger partial charge is 0.291 e. The molecule has 4 rings (SSSR count). The molecular weight excluding hydrogens is 498 g/mol. The topological polar surface area (TPSA) is 117 Å². The number of aliphatic hydroxyl groups is 2. The number of anilines is 1. The largest absolute Gasteiger partial charge is 0.494 e. The third kappa shape index (κ3) is 5.25. The van der Waals surface area contributed by atoms with E-state index >= 15 is 0 Å². The first-order valence-corrected chi connectivity index (χ1v) is 12.3. The average Bonchev–Trinajstić information content (AvgIpc) is 3.30. The molecule has 0 bridgehead atoms. The van der Waals surface area contributed by atoms with E-state index in [4.69, 9.17) is 4.74 Å². The number of amides is 2. The maximum Gasteiger partial charge on any atom is 0.291 e. The zero-order valence-electron chi connectivity index (χ0n) is 21.4. The van der Waals surface area contributed by atoms with Gasteiger partial charge in [-0.25, -0.2) is 9.37 Å². The second-order valence-electron chi connectivity index (χ2n) is 9.19. The predicted molar refractivity (Wildman–Crippen MR) is 136 cm³/mol. The molecule has 0 spiro atoms. The fourth-order valence-electron chi connectivity index (χ4n) is 4.69. The van der Waals surface area contributed by atoms with Crippen molar-refractivity contribution in [2.75, 3.05) is 25.5 Å². The first-order chi connectivity index (χ1) is 18.2. The van der Waals surface area contributed by atoms with Crippen molar-refractivity contribution in [3.05, 3.63) is 65.1 Å². The number of nitrogens with one attached hydrogen (secondary N) is 1. The Labute approximate surface area is 218 Å². The third-order valence-corrected chi connectivity index (χ3v) is 6.96. The number of halogens is 2. The van der Waals surface area contributed by atoms with Crippen LogP contribution in [-0.2, 0) is 13.5 Å². The molecule has 1 fully saturated rings. The number of hydrogen-bond donors (Lipinski definition) is 3. The van der Waals surface area contributed by atoms with Gasteiger partial charge in [0, 0.05) is 42.9 Å². The van der Waals surface area contributed by atoms with Gasteiger partial charge in [0.05, 0.1) is 19.0 Å². The lowest BCUT2D eigenvalue weighted by atomic mass is 9.95. The molecule has 38 heavy (non-hydrogen) atoms. The maximum absolute atomic E-state index is 14.6. The lowest BCUT2D eigenvalue weighted by Gasteiger charge is -2.33. The van der Waals surface area contributed by atoms with E-state index in [1.54, 1.807) is 23.1 Å². The summed E-state index contributed by atoms with van der Waals surface area (Å²) in [5, 5.41) is 21.5. The number of hydrogen-bond acceptors (Lipinski definition) is 6. The summed E-state index contributed by atoms with van der Waals surface area (Å²) in [6.45, 7) is 2.77. The van der Waals surface area contributed by atoms with Crippen molar-refractivity contribution in [1.82, 2.24) is 14.5 Å². The Morgan fingerprint density at radius 2 is 1.87 bits per heavy atom. The van der Waals surface area contributed by atoms with Gasteiger partial charge in [0.25, 0.3) is 11.8 Å². The molecule has 3 N–H and O–H groups in total. The minimum absolute atomic E-state index is 0.0113. The van der Waals surface area contributed by atoms with Crippen LogP contribution in [0.5, 0.6) is 5.75 Å². The van der Waals surface area contributed by atoms with Gasteiger partial charge in [-0.05, 0) is 55.2 Å². The average molecular weight is 529 g/mol. The van der Waals surface area contributed by atoms with Crippen LogP contribution >= 0.6 is 0 Å². The standard InChI is InChI=1S/C27H30F2N4O5/c1-4-15-13-17(5-6-18(15)26(35)33-11-9-16(10-12-33)27(36)37)31-25(34)24-30-14-20(32(24)2)19-7-8-21(38-3)23(29)22(19)28/h5-8,13-14,16,27,36-37H,4,9-12H2,1-3H3,(H,31,34). The fraction of sp³-hybridized carbons (Fsp3) is 0.370. The highest BCUT2D eigenvalue weighted by Crippen LogP contribution is 2.30. The van der Waals surface area contributed by atoms with E-state index in [1.165, 1.54) is 37.1 Å². The number of aromatic nitrogens is 2. The van der Waals surface area contributed by atoms with Crippen LogP contribution in [0.15, 0.2) is 36.5 Å². The molecule has 2 aromatic carbocycles.